The Balaban J connectivity index is 2.27. The summed E-state index contributed by atoms with van der Waals surface area (Å²) in [5, 5.41) is 11.2. The molecule has 0 aromatic heterocycles. The van der Waals surface area contributed by atoms with Gasteiger partial charge in [-0.25, -0.2) is 0 Å². The summed E-state index contributed by atoms with van der Waals surface area (Å²) in [5.74, 6) is 0. The van der Waals surface area contributed by atoms with Gasteiger partial charge in [0.25, 0.3) is 0 Å². The van der Waals surface area contributed by atoms with Crippen molar-refractivity contribution in [2.75, 3.05) is 0 Å². The van der Waals surface area contributed by atoms with Crippen molar-refractivity contribution >= 4 is 11.8 Å². The van der Waals surface area contributed by atoms with Gasteiger partial charge >= 0.3 is 0 Å². The van der Waals surface area contributed by atoms with Crippen LogP contribution in [0.3, 0.4) is 0 Å². The van der Waals surface area contributed by atoms with Crippen molar-refractivity contribution in [3.05, 3.63) is 30.3 Å². The van der Waals surface area contributed by atoms with E-state index in [1.807, 2.05) is 24.8 Å². The third-order valence-corrected chi connectivity index (χ3v) is 5.97. The molecule has 2 rings (SSSR count). The lowest BCUT2D eigenvalue weighted by Gasteiger charge is -2.53. The molecule has 0 bridgehead atoms. The average molecular weight is 278 g/mol. The highest BCUT2D eigenvalue weighted by Crippen LogP contribution is 2.55. The zero-order valence-electron chi connectivity index (χ0n) is 12.7. The molecule has 0 radical (unpaired) electrons. The van der Waals surface area contributed by atoms with Crippen molar-refractivity contribution < 1.29 is 5.11 Å². The average Bonchev–Trinajstić information content (AvgIpc) is 2.22. The summed E-state index contributed by atoms with van der Waals surface area (Å²) < 4.78 is 0. The summed E-state index contributed by atoms with van der Waals surface area (Å²) in [5.41, 5.74) is -0.279. The second kappa shape index (κ2) is 4.82. The van der Waals surface area contributed by atoms with Gasteiger partial charge in [-0.3, -0.25) is 0 Å². The molecule has 1 fully saturated rings. The molecule has 0 heterocycles. The first-order valence-electron chi connectivity index (χ1n) is 7.07. The van der Waals surface area contributed by atoms with Crippen LogP contribution in [0.1, 0.15) is 47.5 Å². The Morgan fingerprint density at radius 2 is 1.58 bits per heavy atom. The molecule has 0 amide bonds. The smallest absolute Gasteiger partial charge is 0.0751 e. The lowest BCUT2D eigenvalue weighted by Crippen LogP contribution is -2.54. The first-order valence-corrected chi connectivity index (χ1v) is 7.95. The first-order chi connectivity index (χ1) is 8.62. The molecular formula is C17H26OS. The lowest BCUT2D eigenvalue weighted by molar-refractivity contribution is -0.0651. The maximum atomic E-state index is 10.9. The Labute approximate surface area is 121 Å². The van der Waals surface area contributed by atoms with Crippen LogP contribution >= 0.6 is 11.8 Å². The Morgan fingerprint density at radius 1 is 1.00 bits per heavy atom. The van der Waals surface area contributed by atoms with E-state index in [9.17, 15) is 5.11 Å². The van der Waals surface area contributed by atoms with E-state index in [2.05, 4.69) is 52.0 Å². The number of thioether (sulfide) groups is 1. The van der Waals surface area contributed by atoms with Crippen LogP contribution in [0, 0.1) is 10.8 Å². The summed E-state index contributed by atoms with van der Waals surface area (Å²) in [6.07, 6.45) is 2.02. The minimum Gasteiger partial charge on any atom is -0.389 e. The van der Waals surface area contributed by atoms with Gasteiger partial charge in [0, 0.05) is 10.1 Å². The molecule has 19 heavy (non-hydrogen) atoms. The Kier molecular flexibility index (Phi) is 3.79. The fourth-order valence-electron chi connectivity index (χ4n) is 4.21. The van der Waals surface area contributed by atoms with Gasteiger partial charge in [0.2, 0.25) is 0 Å². The molecule has 2 atom stereocenters. The molecule has 0 saturated heterocycles. The van der Waals surface area contributed by atoms with Gasteiger partial charge in [-0.1, -0.05) is 45.9 Å². The summed E-state index contributed by atoms with van der Waals surface area (Å²) in [4.78, 5) is 1.25. The van der Waals surface area contributed by atoms with Crippen molar-refractivity contribution in [2.24, 2.45) is 10.8 Å². The first kappa shape index (κ1) is 14.9. The molecule has 0 unspecified atom stereocenters. The van der Waals surface area contributed by atoms with Crippen molar-refractivity contribution in [1.82, 2.24) is 0 Å². The van der Waals surface area contributed by atoms with Crippen LogP contribution in [-0.2, 0) is 0 Å². The lowest BCUT2D eigenvalue weighted by atomic mass is 9.60. The van der Waals surface area contributed by atoms with Crippen LogP contribution in [0.25, 0.3) is 0 Å². The van der Waals surface area contributed by atoms with Crippen molar-refractivity contribution in [3.8, 4) is 0 Å². The molecule has 2 heteroatoms. The van der Waals surface area contributed by atoms with E-state index in [0.717, 1.165) is 12.8 Å². The highest BCUT2D eigenvalue weighted by atomic mass is 32.2. The van der Waals surface area contributed by atoms with Crippen LogP contribution < -0.4 is 0 Å². The van der Waals surface area contributed by atoms with Gasteiger partial charge < -0.3 is 5.11 Å². The zero-order chi connectivity index (χ0) is 14.3. The normalized spacial score (nSPS) is 33.1. The standard InChI is InChI=1S/C17H26OS/c1-15(2)11-16(3,4)14(17(5,18)12-15)19-13-9-7-6-8-10-13/h6-10,14,18H,11-12H2,1-5H3/t14-,17+/m0/s1. The number of hydrogen-bond acceptors (Lipinski definition) is 2. The molecule has 1 nitrogen and oxygen atoms in total. The molecule has 1 aliphatic rings. The molecule has 0 spiro atoms. The maximum Gasteiger partial charge on any atom is 0.0751 e. The van der Waals surface area contributed by atoms with E-state index in [4.69, 9.17) is 0 Å². The highest BCUT2D eigenvalue weighted by Gasteiger charge is 2.52. The molecule has 0 aliphatic heterocycles. The van der Waals surface area contributed by atoms with Gasteiger partial charge in [-0.2, -0.15) is 0 Å². The fourth-order valence-corrected chi connectivity index (χ4v) is 5.54. The highest BCUT2D eigenvalue weighted by molar-refractivity contribution is 8.00. The summed E-state index contributed by atoms with van der Waals surface area (Å²) in [7, 11) is 0. The van der Waals surface area contributed by atoms with E-state index in [-0.39, 0.29) is 16.1 Å². The quantitative estimate of drug-likeness (QED) is 0.843. The van der Waals surface area contributed by atoms with Gasteiger partial charge in [-0.15, -0.1) is 11.8 Å². The van der Waals surface area contributed by atoms with Crippen molar-refractivity contribution in [2.45, 2.75) is 63.2 Å². The summed E-state index contributed by atoms with van der Waals surface area (Å²) >= 11 is 1.83. The van der Waals surface area contributed by atoms with Crippen LogP contribution in [0.5, 0.6) is 0 Å². The molecular weight excluding hydrogens is 252 g/mol. The Hall–Kier alpha value is -0.470. The van der Waals surface area contributed by atoms with E-state index in [1.165, 1.54) is 4.90 Å². The summed E-state index contributed by atoms with van der Waals surface area (Å²) in [6, 6.07) is 10.4. The largest absolute Gasteiger partial charge is 0.389 e. The Bertz CT molecular complexity index is 414. The zero-order valence-corrected chi connectivity index (χ0v) is 13.6. The molecule has 1 aromatic rings. The minimum absolute atomic E-state index is 0.131. The molecule has 1 aromatic carbocycles. The van der Waals surface area contributed by atoms with Crippen LogP contribution in [0.15, 0.2) is 35.2 Å². The molecule has 1 aliphatic carbocycles. The number of rotatable bonds is 2. The molecule has 106 valence electrons. The van der Waals surface area contributed by atoms with Crippen molar-refractivity contribution in [1.29, 1.82) is 0 Å². The monoisotopic (exact) mass is 278 g/mol. The second-order valence-electron chi connectivity index (χ2n) is 7.67. The van der Waals surface area contributed by atoms with Crippen LogP contribution in [-0.4, -0.2) is 16.0 Å². The number of aliphatic hydroxyl groups is 1. The predicted molar refractivity (Wildman–Crippen MR) is 83.5 cm³/mol. The van der Waals surface area contributed by atoms with E-state index in [0.29, 0.717) is 0 Å². The van der Waals surface area contributed by atoms with E-state index < -0.39 is 5.60 Å². The van der Waals surface area contributed by atoms with Gasteiger partial charge in [0.05, 0.1) is 5.60 Å². The number of benzene rings is 1. The van der Waals surface area contributed by atoms with E-state index in [1.54, 1.807) is 0 Å². The SMILES string of the molecule is CC1(C)CC(C)(C)[C@H](Sc2ccccc2)[C@](C)(O)C1. The second-order valence-corrected chi connectivity index (χ2v) is 8.85. The van der Waals surface area contributed by atoms with Gasteiger partial charge in [0.15, 0.2) is 0 Å². The van der Waals surface area contributed by atoms with Crippen LogP contribution in [0.4, 0.5) is 0 Å². The van der Waals surface area contributed by atoms with Crippen molar-refractivity contribution in [3.63, 3.8) is 0 Å². The summed E-state index contributed by atoms with van der Waals surface area (Å²) in [6.45, 7) is 11.1. The van der Waals surface area contributed by atoms with E-state index >= 15 is 0 Å². The maximum absolute atomic E-state index is 10.9. The minimum atomic E-state index is -0.619. The van der Waals surface area contributed by atoms with Crippen LogP contribution in [0.2, 0.25) is 0 Å². The Morgan fingerprint density at radius 3 is 2.11 bits per heavy atom. The topological polar surface area (TPSA) is 20.2 Å². The van der Waals surface area contributed by atoms with Gasteiger partial charge in [0.1, 0.15) is 0 Å². The van der Waals surface area contributed by atoms with Gasteiger partial charge in [-0.05, 0) is 42.7 Å². The predicted octanol–water partition coefficient (Wildman–Crippen LogP) is 4.74. The molecule has 1 saturated carbocycles. The third-order valence-electron chi connectivity index (χ3n) is 4.04. The molecule has 1 N–H and O–H groups in total. The number of hydrogen-bond donors (Lipinski definition) is 1. The fraction of sp³-hybridized carbons (Fsp3) is 0.647. The third kappa shape index (κ3) is 3.35.